The van der Waals surface area contributed by atoms with Gasteiger partial charge < -0.3 is 29.9 Å². The lowest BCUT2D eigenvalue weighted by molar-refractivity contribution is 0.0899. The van der Waals surface area contributed by atoms with E-state index in [0.29, 0.717) is 31.6 Å². The highest BCUT2D eigenvalue weighted by atomic mass is 28.3. The molecule has 1 fully saturated rings. The average molecular weight is 484 g/mol. The van der Waals surface area contributed by atoms with Crippen LogP contribution < -0.4 is 10.6 Å². The van der Waals surface area contributed by atoms with Gasteiger partial charge in [-0.15, -0.1) is 0 Å². The predicted octanol–water partition coefficient (Wildman–Crippen LogP) is 4.44. The summed E-state index contributed by atoms with van der Waals surface area (Å²) in [5.41, 5.74) is 1.54. The molecule has 0 aliphatic carbocycles. The van der Waals surface area contributed by atoms with Crippen LogP contribution in [0.2, 0.25) is 25.7 Å². The smallest absolute Gasteiger partial charge is 0.407 e. The Kier molecular flexibility index (Phi) is 7.32. The van der Waals surface area contributed by atoms with Gasteiger partial charge in [-0.25, -0.2) is 4.79 Å². The third-order valence-corrected chi connectivity index (χ3v) is 7.50. The van der Waals surface area contributed by atoms with Gasteiger partial charge in [0.25, 0.3) is 0 Å². The van der Waals surface area contributed by atoms with Gasteiger partial charge in [0.15, 0.2) is 0 Å². The first-order valence-electron chi connectivity index (χ1n) is 11.6. The first-order valence-corrected chi connectivity index (χ1v) is 15.4. The molecule has 182 valence electrons. The van der Waals surface area contributed by atoms with E-state index < -0.39 is 14.2 Å². The molecule has 0 aromatic carbocycles. The zero-order chi connectivity index (χ0) is 24.1. The number of piperidine rings is 1. The highest BCUT2D eigenvalue weighted by molar-refractivity contribution is 6.76. The Bertz CT molecular complexity index is 1120. The summed E-state index contributed by atoms with van der Waals surface area (Å²) in [6.07, 6.45) is 6.18. The van der Waals surface area contributed by atoms with Crippen molar-refractivity contribution in [1.29, 1.82) is 0 Å². The fraction of sp³-hybridized carbons (Fsp3) is 0.478. The third kappa shape index (κ3) is 6.23. The van der Waals surface area contributed by atoms with Crippen molar-refractivity contribution in [3.05, 3.63) is 36.8 Å². The molecule has 4 heterocycles. The van der Waals surface area contributed by atoms with Gasteiger partial charge in [0.1, 0.15) is 18.2 Å². The Balaban J connectivity index is 1.59. The van der Waals surface area contributed by atoms with Gasteiger partial charge in [-0.2, -0.15) is 9.97 Å². The number of carbonyl (C=O) groups is 1. The second-order valence-electron chi connectivity index (χ2n) is 9.85. The molecule has 1 aliphatic heterocycles. The average Bonchev–Trinajstić information content (AvgIpc) is 3.20. The van der Waals surface area contributed by atoms with Crippen molar-refractivity contribution in [1.82, 2.24) is 24.4 Å². The molecule has 3 aromatic rings. The van der Waals surface area contributed by atoms with E-state index in [9.17, 15) is 9.90 Å². The van der Waals surface area contributed by atoms with Crippen LogP contribution in [0.5, 0.6) is 0 Å². The highest BCUT2D eigenvalue weighted by Crippen LogP contribution is 2.27. The number of ether oxygens (including phenoxy) is 1. The fourth-order valence-electron chi connectivity index (χ4n) is 3.90. The molecule has 1 atom stereocenters. The predicted molar refractivity (Wildman–Crippen MR) is 135 cm³/mol. The first-order chi connectivity index (χ1) is 16.3. The number of fused-ring (bicyclic) bond motifs is 1. The molecular formula is C23H33N7O3Si. The van der Waals surface area contributed by atoms with E-state index in [1.807, 2.05) is 29.0 Å². The molecule has 4 rings (SSSR count). The van der Waals surface area contributed by atoms with Crippen molar-refractivity contribution in [3.63, 3.8) is 0 Å². The number of amides is 1. The van der Waals surface area contributed by atoms with Crippen LogP contribution in [0.25, 0.3) is 11.0 Å². The van der Waals surface area contributed by atoms with Gasteiger partial charge in [-0.05, 0) is 37.1 Å². The number of aromatic nitrogens is 4. The molecule has 34 heavy (non-hydrogen) atoms. The maximum absolute atomic E-state index is 11.5. The highest BCUT2D eigenvalue weighted by Gasteiger charge is 2.24. The summed E-state index contributed by atoms with van der Waals surface area (Å²) in [5.74, 6) is 1.12. The minimum absolute atomic E-state index is 0.0227. The Hall–Kier alpha value is -3.18. The van der Waals surface area contributed by atoms with Crippen LogP contribution in [-0.2, 0) is 11.5 Å². The molecule has 1 aliphatic rings. The summed E-state index contributed by atoms with van der Waals surface area (Å²) in [6.45, 7) is 9.12. The van der Waals surface area contributed by atoms with Crippen molar-refractivity contribution in [3.8, 4) is 0 Å². The summed E-state index contributed by atoms with van der Waals surface area (Å²) >= 11 is 0. The van der Waals surface area contributed by atoms with Gasteiger partial charge in [0.05, 0.1) is 17.3 Å². The monoisotopic (exact) mass is 483 g/mol. The lowest BCUT2D eigenvalue weighted by Crippen LogP contribution is -2.44. The van der Waals surface area contributed by atoms with Crippen LogP contribution in [0.15, 0.2) is 36.8 Å². The molecule has 3 aromatic heterocycles. The van der Waals surface area contributed by atoms with Crippen LogP contribution in [0.1, 0.15) is 12.8 Å². The standard InChI is InChI=1S/C23H33N7O3Si/c1-34(2,3)13-12-33-16-30-11-8-19-20(25-18-7-5-10-29(15-18)23(31)32)27-22(28-21(19)30)26-17-6-4-9-24-14-17/h4,6,8-9,11,14,18H,5,7,10,12-13,15-16H2,1-3H3,(H,31,32)(H2,25,26,27,28). The lowest BCUT2D eigenvalue weighted by atomic mass is 10.1. The maximum Gasteiger partial charge on any atom is 0.407 e. The van der Waals surface area contributed by atoms with Crippen molar-refractivity contribution in [2.75, 3.05) is 30.3 Å². The van der Waals surface area contributed by atoms with E-state index in [4.69, 9.17) is 14.7 Å². The SMILES string of the molecule is C[Si](C)(C)CCOCn1ccc2c(NC3CCCN(C(=O)O)C3)nc(Nc3cccnc3)nc21. The van der Waals surface area contributed by atoms with Crippen molar-refractivity contribution >= 4 is 42.7 Å². The van der Waals surface area contributed by atoms with Crippen LogP contribution in [0.4, 0.5) is 22.2 Å². The minimum Gasteiger partial charge on any atom is -0.465 e. The molecule has 11 heteroatoms. The van der Waals surface area contributed by atoms with Gasteiger partial charge >= 0.3 is 6.09 Å². The quantitative estimate of drug-likeness (QED) is 0.302. The number of hydrogen-bond acceptors (Lipinski definition) is 7. The molecule has 0 spiro atoms. The van der Waals surface area contributed by atoms with Crippen LogP contribution >= 0.6 is 0 Å². The zero-order valence-corrected chi connectivity index (χ0v) is 21.0. The van der Waals surface area contributed by atoms with Crippen LogP contribution in [0.3, 0.4) is 0 Å². The molecule has 10 nitrogen and oxygen atoms in total. The normalized spacial score (nSPS) is 16.6. The topological polar surface area (TPSA) is 117 Å². The number of anilines is 3. The molecule has 0 radical (unpaired) electrons. The molecule has 1 unspecified atom stereocenters. The molecule has 3 N–H and O–H groups in total. The number of carboxylic acid groups (broad SMARTS) is 1. The number of rotatable bonds is 9. The van der Waals surface area contributed by atoms with Crippen LogP contribution in [0, 0.1) is 0 Å². The Morgan fingerprint density at radius 2 is 2.15 bits per heavy atom. The van der Waals surface area contributed by atoms with E-state index in [0.717, 1.165) is 42.2 Å². The molecular weight excluding hydrogens is 450 g/mol. The van der Waals surface area contributed by atoms with E-state index in [-0.39, 0.29) is 6.04 Å². The van der Waals surface area contributed by atoms with Crippen molar-refractivity contribution in [2.24, 2.45) is 0 Å². The number of likely N-dealkylation sites (tertiary alicyclic amines) is 1. The molecule has 1 amide bonds. The second kappa shape index (κ2) is 10.4. The molecule has 0 bridgehead atoms. The number of nitrogens with zero attached hydrogens (tertiary/aromatic N) is 5. The number of pyridine rings is 1. The molecule has 0 saturated carbocycles. The maximum atomic E-state index is 11.5. The number of nitrogens with one attached hydrogen (secondary N) is 2. The van der Waals surface area contributed by atoms with Gasteiger partial charge in [0, 0.05) is 46.2 Å². The summed E-state index contributed by atoms with van der Waals surface area (Å²) in [7, 11) is -1.16. The fourth-order valence-corrected chi connectivity index (χ4v) is 4.66. The van der Waals surface area contributed by atoms with Crippen molar-refractivity contribution < 1.29 is 14.6 Å². The Morgan fingerprint density at radius 3 is 2.88 bits per heavy atom. The molecule has 1 saturated heterocycles. The zero-order valence-electron chi connectivity index (χ0n) is 20.0. The summed E-state index contributed by atoms with van der Waals surface area (Å²) in [5, 5.41) is 17.0. The summed E-state index contributed by atoms with van der Waals surface area (Å²) in [6, 6.07) is 6.80. The number of hydrogen-bond donors (Lipinski definition) is 3. The first kappa shape index (κ1) is 24.0. The van der Waals surface area contributed by atoms with Gasteiger partial charge in [-0.3, -0.25) is 4.98 Å². The van der Waals surface area contributed by atoms with E-state index >= 15 is 0 Å². The summed E-state index contributed by atoms with van der Waals surface area (Å²) in [4.78, 5) is 26.5. The van der Waals surface area contributed by atoms with E-state index in [1.54, 1.807) is 12.4 Å². The van der Waals surface area contributed by atoms with E-state index in [1.165, 1.54) is 4.90 Å². The van der Waals surface area contributed by atoms with Gasteiger partial charge in [0.2, 0.25) is 5.95 Å². The van der Waals surface area contributed by atoms with Gasteiger partial charge in [-0.1, -0.05) is 19.6 Å². The van der Waals surface area contributed by atoms with E-state index in [2.05, 4.69) is 35.3 Å². The minimum atomic E-state index is -1.16. The second-order valence-corrected chi connectivity index (χ2v) is 15.5. The Labute approximate surface area is 200 Å². The van der Waals surface area contributed by atoms with Crippen molar-refractivity contribution in [2.45, 2.75) is 51.3 Å². The Morgan fingerprint density at radius 1 is 1.29 bits per heavy atom. The third-order valence-electron chi connectivity index (χ3n) is 5.80. The lowest BCUT2D eigenvalue weighted by Gasteiger charge is -2.31. The summed E-state index contributed by atoms with van der Waals surface area (Å²) < 4.78 is 7.94. The largest absolute Gasteiger partial charge is 0.465 e. The van der Waals surface area contributed by atoms with Crippen LogP contribution in [-0.4, -0.2) is 69.4 Å².